The molecule has 0 atom stereocenters. The molecule has 0 saturated carbocycles. The van der Waals surface area contributed by atoms with Crippen LogP contribution in [0.25, 0.3) is 55.6 Å². The van der Waals surface area contributed by atoms with Crippen LogP contribution in [0.1, 0.15) is 62.4 Å². The molecule has 0 fully saturated rings. The minimum Gasteiger partial charge on any atom is -0.241 e. The molecule has 0 aliphatic heterocycles. The number of nitrogens with zero attached hydrogens (tertiary/aromatic N) is 2. The van der Waals surface area contributed by atoms with Crippen LogP contribution >= 0.6 is 0 Å². The summed E-state index contributed by atoms with van der Waals surface area (Å²) in [5.74, 6) is 0.937. The molecular weight excluding hydrogens is 556 g/mol. The van der Waals surface area contributed by atoms with E-state index in [9.17, 15) is 0 Å². The Labute approximate surface area is 275 Å². The molecule has 2 heteroatoms. The van der Waals surface area contributed by atoms with Gasteiger partial charge in [0.15, 0.2) is 0 Å². The van der Waals surface area contributed by atoms with Gasteiger partial charge < -0.3 is 0 Å². The topological polar surface area (TPSA) is 25.8 Å². The van der Waals surface area contributed by atoms with Gasteiger partial charge in [-0.3, -0.25) is 0 Å². The van der Waals surface area contributed by atoms with Gasteiger partial charge in [-0.05, 0) is 101 Å². The first-order valence-corrected chi connectivity index (χ1v) is 16.9. The van der Waals surface area contributed by atoms with Crippen LogP contribution in [0.4, 0.5) is 0 Å². The minimum absolute atomic E-state index is 0.937. The molecule has 0 unspecified atom stereocenters. The quantitative estimate of drug-likeness (QED) is 0.131. The van der Waals surface area contributed by atoms with Crippen LogP contribution in [-0.2, 0) is 6.42 Å². The van der Waals surface area contributed by atoms with Crippen molar-refractivity contribution >= 4 is 0 Å². The molecule has 230 valence electrons. The maximum atomic E-state index is 4.81. The fraction of sp³-hybridized carbons (Fsp3) is 0.227. The van der Waals surface area contributed by atoms with Crippen LogP contribution in [-0.4, -0.2) is 9.97 Å². The second-order valence-corrected chi connectivity index (χ2v) is 12.6. The highest BCUT2D eigenvalue weighted by molar-refractivity contribution is 5.84. The second-order valence-electron chi connectivity index (χ2n) is 12.6. The molecule has 0 N–H and O–H groups in total. The Bertz CT molecular complexity index is 1880. The maximum Gasteiger partial charge on any atom is 0.128 e. The van der Waals surface area contributed by atoms with Crippen LogP contribution in [0.3, 0.4) is 0 Å². The zero-order valence-electron chi connectivity index (χ0n) is 27.5. The predicted octanol–water partition coefficient (Wildman–Crippen LogP) is 12.3. The molecule has 0 spiro atoms. The van der Waals surface area contributed by atoms with Crippen molar-refractivity contribution in [3.8, 4) is 55.6 Å². The molecule has 6 rings (SSSR count). The standard InChI is InChI=1S/C44H44N2/c1-4-5-6-7-8-9-19-44-45-30-43(31-46-44)42-28-40(38-17-11-15-36(25-38)34-22-20-32(2)21-23-34)27-41(29-42)39-18-12-16-37(26-39)35-14-10-13-33(3)24-35/h10-18,20-31H,4-9,19H2,1-3H3. The molecule has 1 aromatic heterocycles. The summed E-state index contributed by atoms with van der Waals surface area (Å²) in [6, 6.07) is 42.1. The Hall–Kier alpha value is -4.82. The smallest absolute Gasteiger partial charge is 0.128 e. The Balaban J connectivity index is 1.36. The van der Waals surface area contributed by atoms with Crippen LogP contribution in [0.5, 0.6) is 0 Å². The van der Waals surface area contributed by atoms with Gasteiger partial charge in [0.05, 0.1) is 0 Å². The lowest BCUT2D eigenvalue weighted by atomic mass is 9.91. The first kappa shape index (κ1) is 31.2. The average molecular weight is 601 g/mol. The van der Waals surface area contributed by atoms with E-state index in [0.29, 0.717) is 0 Å². The van der Waals surface area contributed by atoms with E-state index in [4.69, 9.17) is 9.97 Å². The lowest BCUT2D eigenvalue weighted by molar-refractivity contribution is 0.601. The van der Waals surface area contributed by atoms with Gasteiger partial charge >= 0.3 is 0 Å². The van der Waals surface area contributed by atoms with Gasteiger partial charge in [0.25, 0.3) is 0 Å². The van der Waals surface area contributed by atoms with Gasteiger partial charge in [-0.25, -0.2) is 9.97 Å². The summed E-state index contributed by atoms with van der Waals surface area (Å²) in [5.41, 5.74) is 14.3. The summed E-state index contributed by atoms with van der Waals surface area (Å²) in [5, 5.41) is 0. The molecule has 5 aromatic carbocycles. The summed E-state index contributed by atoms with van der Waals surface area (Å²) in [6.45, 7) is 6.54. The van der Waals surface area contributed by atoms with Crippen molar-refractivity contribution in [2.75, 3.05) is 0 Å². The first-order valence-electron chi connectivity index (χ1n) is 16.9. The lowest BCUT2D eigenvalue weighted by Crippen LogP contribution is -1.96. The third kappa shape index (κ3) is 7.87. The first-order chi connectivity index (χ1) is 22.6. The molecule has 46 heavy (non-hydrogen) atoms. The third-order valence-corrected chi connectivity index (χ3v) is 8.85. The number of hydrogen-bond acceptors (Lipinski definition) is 2. The molecule has 0 aliphatic rings. The normalized spacial score (nSPS) is 11.1. The van der Waals surface area contributed by atoms with Crippen molar-refractivity contribution in [1.82, 2.24) is 9.97 Å². The van der Waals surface area contributed by atoms with E-state index < -0.39 is 0 Å². The SMILES string of the molecule is CCCCCCCCc1ncc(-c2cc(-c3cccc(-c4ccc(C)cc4)c3)cc(-c3cccc(-c4cccc(C)c4)c3)c2)cn1. The molecule has 0 saturated heterocycles. The van der Waals surface area contributed by atoms with Crippen molar-refractivity contribution in [2.24, 2.45) is 0 Å². The Morgan fingerprint density at radius 3 is 1.43 bits per heavy atom. The summed E-state index contributed by atoms with van der Waals surface area (Å²) in [6.07, 6.45) is 12.6. The Kier molecular flexibility index (Phi) is 10.1. The summed E-state index contributed by atoms with van der Waals surface area (Å²) < 4.78 is 0. The van der Waals surface area contributed by atoms with Gasteiger partial charge in [0, 0.05) is 24.4 Å². The predicted molar refractivity (Wildman–Crippen MR) is 196 cm³/mol. The number of aromatic nitrogens is 2. The van der Waals surface area contributed by atoms with E-state index in [1.807, 2.05) is 12.4 Å². The number of aryl methyl sites for hydroxylation is 3. The Morgan fingerprint density at radius 2 is 0.848 bits per heavy atom. The lowest BCUT2D eigenvalue weighted by Gasteiger charge is -2.13. The molecule has 0 radical (unpaired) electrons. The molecule has 1 heterocycles. The van der Waals surface area contributed by atoms with E-state index in [1.165, 1.54) is 87.7 Å². The van der Waals surface area contributed by atoms with Gasteiger partial charge in [-0.1, -0.05) is 135 Å². The Morgan fingerprint density at radius 1 is 0.391 bits per heavy atom. The molecule has 6 aromatic rings. The molecule has 0 aliphatic carbocycles. The van der Waals surface area contributed by atoms with Crippen molar-refractivity contribution < 1.29 is 0 Å². The third-order valence-electron chi connectivity index (χ3n) is 8.85. The number of rotatable bonds is 12. The van der Waals surface area contributed by atoms with E-state index in [2.05, 4.69) is 136 Å². The highest BCUT2D eigenvalue weighted by Crippen LogP contribution is 2.35. The molecule has 0 bridgehead atoms. The van der Waals surface area contributed by atoms with Gasteiger partial charge in [-0.2, -0.15) is 0 Å². The van der Waals surface area contributed by atoms with Crippen LogP contribution < -0.4 is 0 Å². The second kappa shape index (κ2) is 15.0. The average Bonchev–Trinajstić information content (AvgIpc) is 3.10. The van der Waals surface area contributed by atoms with Crippen molar-refractivity contribution in [2.45, 2.75) is 65.7 Å². The molecular formula is C44H44N2. The number of unbranched alkanes of at least 4 members (excludes halogenated alkanes) is 5. The van der Waals surface area contributed by atoms with E-state index >= 15 is 0 Å². The van der Waals surface area contributed by atoms with Gasteiger partial charge in [0.1, 0.15) is 5.82 Å². The van der Waals surface area contributed by atoms with E-state index in [0.717, 1.165) is 29.8 Å². The minimum atomic E-state index is 0.937. The zero-order valence-corrected chi connectivity index (χ0v) is 27.5. The van der Waals surface area contributed by atoms with Crippen molar-refractivity contribution in [3.63, 3.8) is 0 Å². The van der Waals surface area contributed by atoms with Crippen LogP contribution in [0.15, 0.2) is 128 Å². The van der Waals surface area contributed by atoms with Gasteiger partial charge in [-0.15, -0.1) is 0 Å². The molecule has 2 nitrogen and oxygen atoms in total. The zero-order chi connectivity index (χ0) is 31.7. The largest absolute Gasteiger partial charge is 0.241 e. The highest BCUT2D eigenvalue weighted by atomic mass is 14.9. The van der Waals surface area contributed by atoms with Crippen molar-refractivity contribution in [3.05, 3.63) is 145 Å². The van der Waals surface area contributed by atoms with Crippen LogP contribution in [0.2, 0.25) is 0 Å². The maximum absolute atomic E-state index is 4.81. The van der Waals surface area contributed by atoms with Crippen LogP contribution in [0, 0.1) is 13.8 Å². The fourth-order valence-corrected chi connectivity index (χ4v) is 6.15. The van der Waals surface area contributed by atoms with Gasteiger partial charge in [0.2, 0.25) is 0 Å². The summed E-state index contributed by atoms with van der Waals surface area (Å²) in [4.78, 5) is 9.61. The van der Waals surface area contributed by atoms with E-state index in [-0.39, 0.29) is 0 Å². The summed E-state index contributed by atoms with van der Waals surface area (Å²) in [7, 11) is 0. The molecule has 0 amide bonds. The highest BCUT2D eigenvalue weighted by Gasteiger charge is 2.11. The van der Waals surface area contributed by atoms with Crippen molar-refractivity contribution in [1.29, 1.82) is 0 Å². The van der Waals surface area contributed by atoms with E-state index in [1.54, 1.807) is 0 Å². The monoisotopic (exact) mass is 600 g/mol. The fourth-order valence-electron chi connectivity index (χ4n) is 6.15. The number of hydrogen-bond donors (Lipinski definition) is 0. The summed E-state index contributed by atoms with van der Waals surface area (Å²) >= 11 is 0. The number of benzene rings is 5.